The molecular weight excluding hydrogens is 381 g/mol. The van der Waals surface area contributed by atoms with Crippen LogP contribution >= 0.6 is 9.69 Å². The molecule has 2 heterocycles. The number of phenols is 1. The van der Waals surface area contributed by atoms with Gasteiger partial charge in [-0.3, -0.25) is 9.97 Å². The van der Waals surface area contributed by atoms with Gasteiger partial charge in [0, 0.05) is 24.8 Å². The number of aromatic carboxylic acids is 1. The SMILES string of the molecule is O=C(O)c1ccc(O)cc1.[Cl][Zn].c1ccncc1.c1ccncc1. The van der Waals surface area contributed by atoms with Gasteiger partial charge in [-0.1, -0.05) is 12.1 Å². The summed E-state index contributed by atoms with van der Waals surface area (Å²) >= 11 is 0.847. The quantitative estimate of drug-likeness (QED) is 0.608. The summed E-state index contributed by atoms with van der Waals surface area (Å²) in [5, 5.41) is 17.1. The zero-order valence-electron chi connectivity index (χ0n) is 12.9. The van der Waals surface area contributed by atoms with Crippen LogP contribution in [-0.4, -0.2) is 26.2 Å². The summed E-state index contributed by atoms with van der Waals surface area (Å²) in [6, 6.07) is 16.8. The van der Waals surface area contributed by atoms with Crippen molar-refractivity contribution >= 4 is 15.7 Å². The van der Waals surface area contributed by atoms with Crippen LogP contribution in [-0.2, 0) is 17.3 Å². The van der Waals surface area contributed by atoms with Gasteiger partial charge < -0.3 is 10.2 Å². The largest absolute Gasteiger partial charge is 0.265 e. The molecule has 0 unspecified atom stereocenters. The monoisotopic (exact) mass is 395 g/mol. The van der Waals surface area contributed by atoms with Gasteiger partial charge in [0.25, 0.3) is 0 Å². The summed E-state index contributed by atoms with van der Waals surface area (Å²) in [7, 11) is 4.76. The normalized spacial score (nSPS) is 8.12. The van der Waals surface area contributed by atoms with Crippen molar-refractivity contribution in [1.29, 1.82) is 0 Å². The van der Waals surface area contributed by atoms with Crippen molar-refractivity contribution in [3.05, 3.63) is 91.0 Å². The maximum Gasteiger partial charge on any atom is 0.0267 e. The Kier molecular flexibility index (Phi) is 14.1. The summed E-state index contributed by atoms with van der Waals surface area (Å²) in [4.78, 5) is 17.8. The summed E-state index contributed by atoms with van der Waals surface area (Å²) in [6.07, 6.45) is 7.00. The molecule has 0 aliphatic heterocycles. The van der Waals surface area contributed by atoms with E-state index in [0.29, 0.717) is 0 Å². The molecule has 0 bridgehead atoms. The van der Waals surface area contributed by atoms with Crippen molar-refractivity contribution in [1.82, 2.24) is 9.97 Å². The molecule has 121 valence electrons. The average molecular weight is 397 g/mol. The first-order chi connectivity index (χ1) is 11.7. The smallest absolute Gasteiger partial charge is 0.0267 e. The van der Waals surface area contributed by atoms with Crippen LogP contribution in [0.4, 0.5) is 0 Å². The van der Waals surface area contributed by atoms with Gasteiger partial charge in [0.1, 0.15) is 5.75 Å². The number of rotatable bonds is 1. The van der Waals surface area contributed by atoms with Crippen LogP contribution in [0.15, 0.2) is 85.5 Å². The van der Waals surface area contributed by atoms with Crippen molar-refractivity contribution in [2.24, 2.45) is 0 Å². The number of hydrogen-bond donors (Lipinski definition) is 2. The second kappa shape index (κ2) is 15.6. The molecule has 5 nitrogen and oxygen atoms in total. The minimum Gasteiger partial charge on any atom is -0.265 e. The molecule has 7 heteroatoms. The third-order valence-electron chi connectivity index (χ3n) is 2.25. The van der Waals surface area contributed by atoms with Crippen molar-refractivity contribution in [3.8, 4) is 5.75 Å². The first-order valence-corrected chi connectivity index (χ1v) is 10.6. The van der Waals surface area contributed by atoms with Gasteiger partial charge >= 0.3 is 33.0 Å². The summed E-state index contributed by atoms with van der Waals surface area (Å²) < 4.78 is 0. The molecule has 0 aliphatic rings. The zero-order valence-corrected chi connectivity index (χ0v) is 16.6. The predicted molar refractivity (Wildman–Crippen MR) is 89.4 cm³/mol. The molecule has 0 spiro atoms. The van der Waals surface area contributed by atoms with Crippen molar-refractivity contribution < 1.29 is 32.3 Å². The maximum absolute atomic E-state index is 10.2. The number of aromatic nitrogens is 2. The number of halogens is 1. The van der Waals surface area contributed by atoms with E-state index in [2.05, 4.69) is 9.97 Å². The second-order valence-electron chi connectivity index (χ2n) is 3.90. The van der Waals surface area contributed by atoms with E-state index < -0.39 is 5.97 Å². The molecule has 3 aromatic rings. The van der Waals surface area contributed by atoms with Gasteiger partial charge in [-0.25, -0.2) is 4.79 Å². The number of carboxylic acids is 1. The van der Waals surface area contributed by atoms with Crippen LogP contribution in [0, 0.1) is 0 Å². The van der Waals surface area contributed by atoms with Gasteiger partial charge in [-0.05, 0) is 48.5 Å². The number of nitrogens with zero attached hydrogens (tertiary/aromatic N) is 2. The topological polar surface area (TPSA) is 83.3 Å². The van der Waals surface area contributed by atoms with Gasteiger partial charge in [-0.2, -0.15) is 0 Å². The minimum atomic E-state index is -0.986. The number of phenolic OH excluding ortho intramolecular Hbond substituents is 1. The summed E-state index contributed by atoms with van der Waals surface area (Å²) in [5.74, 6) is -0.912. The second-order valence-corrected chi connectivity index (χ2v) is 3.90. The van der Waals surface area contributed by atoms with Crippen molar-refractivity contribution in [3.63, 3.8) is 0 Å². The molecule has 1 aromatic carbocycles. The van der Waals surface area contributed by atoms with Crippen LogP contribution < -0.4 is 0 Å². The fourth-order valence-electron chi connectivity index (χ4n) is 1.23. The molecule has 0 radical (unpaired) electrons. The number of pyridine rings is 2. The Morgan fingerprint density at radius 2 is 1.17 bits per heavy atom. The van der Waals surface area contributed by atoms with Crippen molar-refractivity contribution in [2.45, 2.75) is 0 Å². The minimum absolute atomic E-state index is 0.0741. The van der Waals surface area contributed by atoms with E-state index in [1.165, 1.54) is 24.3 Å². The van der Waals surface area contributed by atoms with E-state index in [9.17, 15) is 4.79 Å². The molecule has 0 amide bonds. The fourth-order valence-corrected chi connectivity index (χ4v) is 1.23. The van der Waals surface area contributed by atoms with E-state index in [4.69, 9.17) is 19.9 Å². The number of carboxylic acid groups (broad SMARTS) is 1. The predicted octanol–water partition coefficient (Wildman–Crippen LogP) is 3.94. The third kappa shape index (κ3) is 12.3. The van der Waals surface area contributed by atoms with Crippen LogP contribution in [0.25, 0.3) is 0 Å². The van der Waals surface area contributed by atoms with E-state index in [0.717, 1.165) is 17.3 Å². The average Bonchev–Trinajstić information content (AvgIpc) is 2.67. The number of carbonyl (C=O) groups is 1. The Labute approximate surface area is 154 Å². The molecule has 0 fully saturated rings. The molecular formula is C17H16ClN2O3Zn. The number of hydrogen-bond acceptors (Lipinski definition) is 4. The Morgan fingerprint density at radius 1 is 0.792 bits per heavy atom. The molecule has 2 N–H and O–H groups in total. The number of benzene rings is 1. The van der Waals surface area contributed by atoms with Gasteiger partial charge in [0.15, 0.2) is 0 Å². The molecule has 0 aliphatic carbocycles. The van der Waals surface area contributed by atoms with E-state index in [1.807, 2.05) is 36.4 Å². The molecule has 0 atom stereocenters. The summed E-state index contributed by atoms with van der Waals surface area (Å²) in [6.45, 7) is 0. The number of aromatic hydroxyl groups is 1. The third-order valence-corrected chi connectivity index (χ3v) is 2.25. The first kappa shape index (κ1) is 21.7. The molecule has 2 aromatic heterocycles. The van der Waals surface area contributed by atoms with Gasteiger partial charge in [0.05, 0.1) is 5.56 Å². The molecule has 0 saturated carbocycles. The van der Waals surface area contributed by atoms with Gasteiger partial charge in [0.2, 0.25) is 0 Å². The Bertz CT molecular complexity index is 556. The van der Waals surface area contributed by atoms with Crippen LogP contribution in [0.2, 0.25) is 0 Å². The first-order valence-electron chi connectivity index (χ1n) is 6.69. The Hall–Kier alpha value is -2.30. The zero-order chi connectivity index (χ0) is 18.0. The van der Waals surface area contributed by atoms with E-state index >= 15 is 0 Å². The van der Waals surface area contributed by atoms with Crippen LogP contribution in [0.3, 0.4) is 0 Å². The van der Waals surface area contributed by atoms with E-state index in [1.54, 1.807) is 24.8 Å². The van der Waals surface area contributed by atoms with Crippen LogP contribution in [0.5, 0.6) is 5.75 Å². The van der Waals surface area contributed by atoms with Crippen molar-refractivity contribution in [2.75, 3.05) is 0 Å². The maximum atomic E-state index is 10.2. The fraction of sp³-hybridized carbons (Fsp3) is 0. The Morgan fingerprint density at radius 3 is 1.38 bits per heavy atom. The van der Waals surface area contributed by atoms with Crippen LogP contribution in [0.1, 0.15) is 10.4 Å². The molecule has 0 saturated heterocycles. The van der Waals surface area contributed by atoms with E-state index in [-0.39, 0.29) is 11.3 Å². The summed E-state index contributed by atoms with van der Waals surface area (Å²) in [5.41, 5.74) is 0.179. The Balaban J connectivity index is 0.000000328. The standard InChI is InChI=1S/C7H6O3.2C5H5N.ClH.Zn/c8-6-3-1-5(2-4-6)7(9)10;2*1-2-4-6-5-3-1;;/h1-4,8H,(H,9,10);2*1-5H;1H;/q;;;;+1/p-1. The van der Waals surface area contributed by atoms with Gasteiger partial charge in [-0.15, -0.1) is 0 Å². The molecule has 3 rings (SSSR count). The molecule has 24 heavy (non-hydrogen) atoms.